The van der Waals surface area contributed by atoms with Crippen LogP contribution < -0.4 is 4.74 Å². The Hall–Kier alpha value is -1.84. The predicted octanol–water partition coefficient (Wildman–Crippen LogP) is 3.47. The van der Waals surface area contributed by atoms with Crippen LogP contribution in [0.15, 0.2) is 18.2 Å². The fraction of sp³-hybridized carbons (Fsp3) is 0.500. The average Bonchev–Trinajstić information content (AvgIpc) is 2.37. The SMILES string of the molecule is CCc1cc(OC(C)C)ccc1C(=O)CCCC(=O)O. The van der Waals surface area contributed by atoms with Crippen molar-refractivity contribution in [2.45, 2.75) is 52.6 Å². The highest BCUT2D eigenvalue weighted by atomic mass is 16.5. The molecule has 0 spiro atoms. The van der Waals surface area contributed by atoms with E-state index in [1.807, 2.05) is 26.8 Å². The number of ether oxygens (including phenoxy) is 1. The number of carbonyl (C=O) groups is 2. The van der Waals surface area contributed by atoms with Crippen LogP contribution in [0.1, 0.15) is 56.0 Å². The van der Waals surface area contributed by atoms with Crippen molar-refractivity contribution in [3.05, 3.63) is 29.3 Å². The molecule has 0 amide bonds. The monoisotopic (exact) mass is 278 g/mol. The Morgan fingerprint density at radius 2 is 1.95 bits per heavy atom. The van der Waals surface area contributed by atoms with E-state index in [4.69, 9.17) is 9.84 Å². The Morgan fingerprint density at radius 3 is 2.50 bits per heavy atom. The molecule has 4 nitrogen and oxygen atoms in total. The molecule has 1 aromatic rings. The van der Waals surface area contributed by atoms with Crippen LogP contribution in [0.3, 0.4) is 0 Å². The lowest BCUT2D eigenvalue weighted by atomic mass is 9.98. The van der Waals surface area contributed by atoms with Crippen LogP contribution >= 0.6 is 0 Å². The van der Waals surface area contributed by atoms with Gasteiger partial charge in [0.05, 0.1) is 6.10 Å². The maximum absolute atomic E-state index is 12.1. The summed E-state index contributed by atoms with van der Waals surface area (Å²) in [5.41, 5.74) is 1.62. The lowest BCUT2D eigenvalue weighted by Crippen LogP contribution is -2.08. The van der Waals surface area contributed by atoms with E-state index in [2.05, 4.69) is 0 Å². The fourth-order valence-corrected chi connectivity index (χ4v) is 2.01. The minimum Gasteiger partial charge on any atom is -0.491 e. The second kappa shape index (κ2) is 7.68. The van der Waals surface area contributed by atoms with Crippen LogP contribution in [-0.4, -0.2) is 23.0 Å². The molecule has 0 aliphatic rings. The number of aryl methyl sites for hydroxylation is 1. The molecular weight excluding hydrogens is 256 g/mol. The lowest BCUT2D eigenvalue weighted by Gasteiger charge is -2.13. The summed E-state index contributed by atoms with van der Waals surface area (Å²) in [4.78, 5) is 22.6. The summed E-state index contributed by atoms with van der Waals surface area (Å²) in [6.07, 6.45) is 1.51. The van der Waals surface area contributed by atoms with Gasteiger partial charge in [-0.05, 0) is 50.5 Å². The van der Waals surface area contributed by atoms with E-state index in [-0.39, 0.29) is 24.7 Å². The van der Waals surface area contributed by atoms with Crippen molar-refractivity contribution in [2.24, 2.45) is 0 Å². The number of rotatable bonds is 8. The molecule has 0 fully saturated rings. The molecule has 0 unspecified atom stereocenters. The predicted molar refractivity (Wildman–Crippen MR) is 77.4 cm³/mol. The van der Waals surface area contributed by atoms with Crippen molar-refractivity contribution in [1.29, 1.82) is 0 Å². The van der Waals surface area contributed by atoms with Gasteiger partial charge in [0, 0.05) is 18.4 Å². The minimum atomic E-state index is -0.866. The highest BCUT2D eigenvalue weighted by molar-refractivity contribution is 5.97. The van der Waals surface area contributed by atoms with Crippen LogP contribution in [0.5, 0.6) is 5.75 Å². The normalized spacial score (nSPS) is 10.6. The van der Waals surface area contributed by atoms with Crippen LogP contribution in [0.2, 0.25) is 0 Å². The number of carbonyl (C=O) groups excluding carboxylic acids is 1. The molecule has 1 rings (SSSR count). The molecule has 1 aromatic carbocycles. The summed E-state index contributed by atoms with van der Waals surface area (Å²) in [5.74, 6) is -0.104. The van der Waals surface area contributed by atoms with Gasteiger partial charge in [0.1, 0.15) is 5.75 Å². The van der Waals surface area contributed by atoms with Gasteiger partial charge in [-0.1, -0.05) is 6.92 Å². The molecule has 0 saturated heterocycles. The van der Waals surface area contributed by atoms with E-state index in [1.165, 1.54) is 0 Å². The second-order valence-electron chi connectivity index (χ2n) is 5.01. The first-order valence-electron chi connectivity index (χ1n) is 6.98. The second-order valence-corrected chi connectivity index (χ2v) is 5.01. The van der Waals surface area contributed by atoms with E-state index in [9.17, 15) is 9.59 Å². The molecule has 1 N–H and O–H groups in total. The van der Waals surface area contributed by atoms with Gasteiger partial charge < -0.3 is 9.84 Å². The number of hydrogen-bond donors (Lipinski definition) is 1. The zero-order valence-corrected chi connectivity index (χ0v) is 12.3. The average molecular weight is 278 g/mol. The molecule has 0 radical (unpaired) electrons. The Balaban J connectivity index is 2.78. The topological polar surface area (TPSA) is 63.6 Å². The number of carboxylic acids is 1. The summed E-state index contributed by atoms with van der Waals surface area (Å²) in [6, 6.07) is 5.47. The van der Waals surface area contributed by atoms with E-state index in [1.54, 1.807) is 12.1 Å². The van der Waals surface area contributed by atoms with Gasteiger partial charge in [0.25, 0.3) is 0 Å². The molecule has 0 atom stereocenters. The highest BCUT2D eigenvalue weighted by Gasteiger charge is 2.12. The third-order valence-corrected chi connectivity index (χ3v) is 2.92. The summed E-state index contributed by atoms with van der Waals surface area (Å²) in [7, 11) is 0. The summed E-state index contributed by atoms with van der Waals surface area (Å²) in [6.45, 7) is 5.90. The van der Waals surface area contributed by atoms with Crippen molar-refractivity contribution in [2.75, 3.05) is 0 Å². The van der Waals surface area contributed by atoms with E-state index < -0.39 is 5.97 Å². The largest absolute Gasteiger partial charge is 0.491 e. The number of aliphatic carboxylic acids is 1. The zero-order chi connectivity index (χ0) is 15.1. The first-order chi connectivity index (χ1) is 9.43. The Kier molecular flexibility index (Phi) is 6.22. The summed E-state index contributed by atoms with van der Waals surface area (Å²) >= 11 is 0. The van der Waals surface area contributed by atoms with Crippen molar-refractivity contribution in [3.8, 4) is 5.75 Å². The minimum absolute atomic E-state index is 0.000744. The molecule has 0 saturated carbocycles. The van der Waals surface area contributed by atoms with Crippen molar-refractivity contribution >= 4 is 11.8 Å². The first kappa shape index (κ1) is 16.2. The maximum Gasteiger partial charge on any atom is 0.303 e. The van der Waals surface area contributed by atoms with Gasteiger partial charge in [-0.15, -0.1) is 0 Å². The van der Waals surface area contributed by atoms with Gasteiger partial charge >= 0.3 is 5.97 Å². The molecular formula is C16H22O4. The van der Waals surface area contributed by atoms with Crippen LogP contribution in [0.4, 0.5) is 0 Å². The molecule has 0 aliphatic carbocycles. The molecule has 0 aromatic heterocycles. The molecule has 4 heteroatoms. The van der Waals surface area contributed by atoms with E-state index >= 15 is 0 Å². The van der Waals surface area contributed by atoms with E-state index in [0.717, 1.165) is 17.7 Å². The Bertz CT molecular complexity index is 477. The van der Waals surface area contributed by atoms with Crippen LogP contribution in [0, 0.1) is 0 Å². The Labute approximate surface area is 119 Å². The van der Waals surface area contributed by atoms with Gasteiger partial charge in [0.2, 0.25) is 0 Å². The van der Waals surface area contributed by atoms with Crippen LogP contribution in [-0.2, 0) is 11.2 Å². The number of carboxylic acid groups (broad SMARTS) is 1. The maximum atomic E-state index is 12.1. The van der Waals surface area contributed by atoms with Crippen LogP contribution in [0.25, 0.3) is 0 Å². The first-order valence-corrected chi connectivity index (χ1v) is 6.98. The molecule has 20 heavy (non-hydrogen) atoms. The zero-order valence-electron chi connectivity index (χ0n) is 12.3. The van der Waals surface area contributed by atoms with Crippen molar-refractivity contribution < 1.29 is 19.4 Å². The summed E-state index contributed by atoms with van der Waals surface area (Å²) in [5, 5.41) is 8.59. The lowest BCUT2D eigenvalue weighted by molar-refractivity contribution is -0.137. The number of benzene rings is 1. The third kappa shape index (κ3) is 5.03. The molecule has 0 heterocycles. The molecule has 110 valence electrons. The number of Topliss-reactive ketones (excluding diaryl/α,β-unsaturated/α-hetero) is 1. The molecule has 0 aliphatic heterocycles. The van der Waals surface area contributed by atoms with Crippen molar-refractivity contribution in [1.82, 2.24) is 0 Å². The highest BCUT2D eigenvalue weighted by Crippen LogP contribution is 2.21. The van der Waals surface area contributed by atoms with E-state index in [0.29, 0.717) is 12.0 Å². The smallest absolute Gasteiger partial charge is 0.303 e. The fourth-order valence-electron chi connectivity index (χ4n) is 2.01. The van der Waals surface area contributed by atoms with Gasteiger partial charge in [-0.3, -0.25) is 9.59 Å². The Morgan fingerprint density at radius 1 is 1.25 bits per heavy atom. The summed E-state index contributed by atoms with van der Waals surface area (Å²) < 4.78 is 5.62. The quantitative estimate of drug-likeness (QED) is 0.739. The number of ketones is 1. The number of hydrogen-bond acceptors (Lipinski definition) is 3. The van der Waals surface area contributed by atoms with Gasteiger partial charge in [-0.2, -0.15) is 0 Å². The van der Waals surface area contributed by atoms with Gasteiger partial charge in [0.15, 0.2) is 5.78 Å². The third-order valence-electron chi connectivity index (χ3n) is 2.92. The van der Waals surface area contributed by atoms with Crippen molar-refractivity contribution in [3.63, 3.8) is 0 Å². The van der Waals surface area contributed by atoms with Gasteiger partial charge in [-0.25, -0.2) is 0 Å². The standard InChI is InChI=1S/C16H22O4/c1-4-12-10-13(20-11(2)3)8-9-14(12)15(17)6-5-7-16(18)19/h8-11H,4-7H2,1-3H3,(H,18,19). The molecule has 0 bridgehead atoms.